The molecule has 1 aromatic rings. The molecule has 82 valence electrons. The van der Waals surface area contributed by atoms with Crippen molar-refractivity contribution in [1.29, 1.82) is 0 Å². The van der Waals surface area contributed by atoms with Gasteiger partial charge < -0.3 is 10.6 Å². The molecular weight excluding hydrogens is 216 g/mol. The molecule has 1 aromatic heterocycles. The first-order chi connectivity index (χ1) is 7.07. The van der Waals surface area contributed by atoms with Crippen molar-refractivity contribution in [2.75, 3.05) is 35.2 Å². The van der Waals surface area contributed by atoms with E-state index >= 15 is 0 Å². The first-order valence-electron chi connectivity index (χ1n) is 4.61. The Morgan fingerprint density at radius 2 is 2.00 bits per heavy atom. The van der Waals surface area contributed by atoms with Gasteiger partial charge in [0.25, 0.3) is 0 Å². The van der Waals surface area contributed by atoms with Gasteiger partial charge in [0.1, 0.15) is 5.82 Å². The number of anilines is 2. The molecule has 15 heavy (non-hydrogen) atoms. The Bertz CT molecular complexity index is 445. The summed E-state index contributed by atoms with van der Waals surface area (Å²) in [6.07, 6.45) is 1.57. The summed E-state index contributed by atoms with van der Waals surface area (Å²) >= 11 is 0. The summed E-state index contributed by atoms with van der Waals surface area (Å²) in [7, 11) is -2.85. The zero-order chi connectivity index (χ0) is 10.9. The van der Waals surface area contributed by atoms with Gasteiger partial charge >= 0.3 is 0 Å². The summed E-state index contributed by atoms with van der Waals surface area (Å²) in [5.74, 6) is 1.26. The van der Waals surface area contributed by atoms with E-state index in [9.17, 15) is 8.42 Å². The number of hydrogen-bond acceptors (Lipinski definition) is 6. The van der Waals surface area contributed by atoms with Crippen LogP contribution in [-0.4, -0.2) is 43.0 Å². The number of aromatic nitrogens is 2. The molecule has 0 unspecified atom stereocenters. The van der Waals surface area contributed by atoms with Gasteiger partial charge in [0.15, 0.2) is 9.84 Å². The average molecular weight is 228 g/mol. The van der Waals surface area contributed by atoms with Gasteiger partial charge in [-0.1, -0.05) is 0 Å². The smallest absolute Gasteiger partial charge is 0.221 e. The predicted molar refractivity (Wildman–Crippen MR) is 57.3 cm³/mol. The van der Waals surface area contributed by atoms with Crippen molar-refractivity contribution in [3.05, 3.63) is 12.3 Å². The maximum atomic E-state index is 11.2. The van der Waals surface area contributed by atoms with E-state index in [4.69, 9.17) is 5.73 Å². The number of rotatable bonds is 1. The highest BCUT2D eigenvalue weighted by atomic mass is 32.2. The van der Waals surface area contributed by atoms with E-state index in [1.165, 1.54) is 0 Å². The lowest BCUT2D eigenvalue weighted by Crippen LogP contribution is -2.40. The fourth-order valence-electron chi connectivity index (χ4n) is 1.48. The third-order valence-electron chi connectivity index (χ3n) is 2.33. The lowest BCUT2D eigenvalue weighted by Gasteiger charge is -2.27. The fraction of sp³-hybridized carbons (Fsp3) is 0.500. The highest BCUT2D eigenvalue weighted by Crippen LogP contribution is 2.14. The molecular formula is C8H12N4O2S. The van der Waals surface area contributed by atoms with Crippen molar-refractivity contribution < 1.29 is 8.42 Å². The number of sulfone groups is 1. The van der Waals surface area contributed by atoms with Gasteiger partial charge in [0, 0.05) is 19.3 Å². The van der Waals surface area contributed by atoms with Crippen molar-refractivity contribution in [2.45, 2.75) is 0 Å². The van der Waals surface area contributed by atoms with Crippen LogP contribution in [0.5, 0.6) is 0 Å². The first-order valence-corrected chi connectivity index (χ1v) is 6.43. The monoisotopic (exact) mass is 228 g/mol. The Kier molecular flexibility index (Phi) is 2.47. The van der Waals surface area contributed by atoms with E-state index in [1.807, 2.05) is 4.90 Å². The molecule has 1 saturated heterocycles. The lowest BCUT2D eigenvalue weighted by molar-refractivity contribution is 0.586. The zero-order valence-electron chi connectivity index (χ0n) is 8.13. The highest BCUT2D eigenvalue weighted by Gasteiger charge is 2.22. The van der Waals surface area contributed by atoms with E-state index in [0.29, 0.717) is 18.9 Å². The minimum absolute atomic E-state index is 0.177. The molecule has 0 saturated carbocycles. The molecule has 6 nitrogen and oxygen atoms in total. The van der Waals surface area contributed by atoms with Gasteiger partial charge in [-0.3, -0.25) is 0 Å². The number of nitrogen functional groups attached to an aromatic ring is 1. The number of hydrogen-bond donors (Lipinski definition) is 1. The van der Waals surface area contributed by atoms with E-state index < -0.39 is 9.84 Å². The Hall–Kier alpha value is -1.37. The summed E-state index contributed by atoms with van der Waals surface area (Å²) in [4.78, 5) is 9.73. The van der Waals surface area contributed by atoms with Gasteiger partial charge in [-0.15, -0.1) is 0 Å². The maximum Gasteiger partial charge on any atom is 0.221 e. The van der Waals surface area contributed by atoms with Crippen molar-refractivity contribution in [3.63, 3.8) is 0 Å². The average Bonchev–Trinajstić information content (AvgIpc) is 2.17. The van der Waals surface area contributed by atoms with Crippen LogP contribution in [0.2, 0.25) is 0 Å². The van der Waals surface area contributed by atoms with Crippen molar-refractivity contribution in [2.24, 2.45) is 0 Å². The second kappa shape index (κ2) is 3.65. The predicted octanol–water partition coefficient (Wildman–Crippen LogP) is -0.706. The molecule has 2 rings (SSSR count). The van der Waals surface area contributed by atoms with Crippen LogP contribution in [0.1, 0.15) is 0 Å². The minimum atomic E-state index is -2.85. The van der Waals surface area contributed by atoms with Gasteiger partial charge in [-0.05, 0) is 6.07 Å². The van der Waals surface area contributed by atoms with Gasteiger partial charge in [0.2, 0.25) is 5.95 Å². The molecule has 1 fully saturated rings. The topological polar surface area (TPSA) is 89.2 Å². The molecule has 0 amide bonds. The van der Waals surface area contributed by atoms with Crippen molar-refractivity contribution in [3.8, 4) is 0 Å². The molecule has 7 heteroatoms. The molecule has 0 radical (unpaired) electrons. The van der Waals surface area contributed by atoms with Gasteiger partial charge in [0.05, 0.1) is 11.5 Å². The second-order valence-electron chi connectivity index (χ2n) is 3.41. The number of nitrogens with two attached hydrogens (primary N) is 1. The summed E-state index contributed by atoms with van der Waals surface area (Å²) in [5, 5.41) is 0. The SMILES string of the molecule is Nc1nccc(N2CCS(=O)(=O)CC2)n1. The van der Waals surface area contributed by atoms with Crippen LogP contribution in [-0.2, 0) is 9.84 Å². The van der Waals surface area contributed by atoms with Crippen LogP contribution < -0.4 is 10.6 Å². The van der Waals surface area contributed by atoms with Crippen LogP contribution >= 0.6 is 0 Å². The van der Waals surface area contributed by atoms with Crippen molar-refractivity contribution >= 4 is 21.6 Å². The van der Waals surface area contributed by atoms with E-state index in [1.54, 1.807) is 12.3 Å². The van der Waals surface area contributed by atoms with E-state index in [0.717, 1.165) is 0 Å². The van der Waals surface area contributed by atoms with E-state index in [2.05, 4.69) is 9.97 Å². The molecule has 2 heterocycles. The Labute approximate surface area is 88.0 Å². The molecule has 2 N–H and O–H groups in total. The summed E-state index contributed by atoms with van der Waals surface area (Å²) in [5.41, 5.74) is 5.45. The van der Waals surface area contributed by atoms with Crippen LogP contribution in [0.15, 0.2) is 12.3 Å². The van der Waals surface area contributed by atoms with Gasteiger partial charge in [-0.25, -0.2) is 13.4 Å². The Balaban J connectivity index is 2.14. The van der Waals surface area contributed by atoms with Crippen LogP contribution in [0, 0.1) is 0 Å². The quantitative estimate of drug-likeness (QED) is 0.683. The fourth-order valence-corrected chi connectivity index (χ4v) is 2.68. The van der Waals surface area contributed by atoms with Gasteiger partial charge in [-0.2, -0.15) is 4.98 Å². The molecule has 0 aromatic carbocycles. The highest BCUT2D eigenvalue weighted by molar-refractivity contribution is 7.91. The normalized spacial score (nSPS) is 20.1. The summed E-state index contributed by atoms with van der Waals surface area (Å²) in [6, 6.07) is 1.73. The lowest BCUT2D eigenvalue weighted by atomic mass is 10.4. The second-order valence-corrected chi connectivity index (χ2v) is 5.72. The summed E-state index contributed by atoms with van der Waals surface area (Å²) < 4.78 is 22.4. The molecule has 0 spiro atoms. The van der Waals surface area contributed by atoms with Crippen LogP contribution in [0.3, 0.4) is 0 Å². The molecule has 0 aliphatic carbocycles. The Morgan fingerprint density at radius 3 is 2.60 bits per heavy atom. The molecule has 1 aliphatic heterocycles. The molecule has 0 bridgehead atoms. The Morgan fingerprint density at radius 1 is 1.33 bits per heavy atom. The summed E-state index contributed by atoms with van der Waals surface area (Å²) in [6.45, 7) is 0.942. The zero-order valence-corrected chi connectivity index (χ0v) is 8.94. The number of nitrogens with zero attached hydrogens (tertiary/aromatic N) is 3. The minimum Gasteiger partial charge on any atom is -0.368 e. The van der Waals surface area contributed by atoms with Crippen LogP contribution in [0.4, 0.5) is 11.8 Å². The van der Waals surface area contributed by atoms with E-state index in [-0.39, 0.29) is 17.5 Å². The molecule has 1 aliphatic rings. The molecule has 0 atom stereocenters. The van der Waals surface area contributed by atoms with Crippen molar-refractivity contribution in [1.82, 2.24) is 9.97 Å². The maximum absolute atomic E-state index is 11.2. The third kappa shape index (κ3) is 2.35. The van der Waals surface area contributed by atoms with Crippen LogP contribution in [0.25, 0.3) is 0 Å². The largest absolute Gasteiger partial charge is 0.368 e. The standard InChI is InChI=1S/C8H12N4O2S/c9-8-10-2-1-7(11-8)12-3-5-15(13,14)6-4-12/h1-2H,3-6H2,(H2,9,10,11). The first kappa shape index (κ1) is 10.2. The third-order valence-corrected chi connectivity index (χ3v) is 3.94.